The van der Waals surface area contributed by atoms with E-state index < -0.39 is 10.0 Å². The second kappa shape index (κ2) is 4.32. The van der Waals surface area contributed by atoms with Crippen molar-refractivity contribution in [2.75, 3.05) is 33.4 Å². The van der Waals surface area contributed by atoms with Crippen molar-refractivity contribution in [3.05, 3.63) is 11.9 Å². The van der Waals surface area contributed by atoms with Crippen molar-refractivity contribution in [2.24, 2.45) is 0 Å². The lowest BCUT2D eigenvalue weighted by molar-refractivity contribution is 0.0821. The second-order valence-electron chi connectivity index (χ2n) is 4.52. The summed E-state index contributed by atoms with van der Waals surface area (Å²) < 4.78 is 25.3. The highest BCUT2D eigenvalue weighted by atomic mass is 32.2. The van der Waals surface area contributed by atoms with Gasteiger partial charge in [0.15, 0.2) is 5.69 Å². The number of carbonyl (C=O) groups excluding carboxylic acids is 1. The average molecular weight is 273 g/mol. The molecule has 8 nitrogen and oxygen atoms in total. The van der Waals surface area contributed by atoms with Crippen LogP contribution in [0.1, 0.15) is 16.5 Å². The fourth-order valence-corrected chi connectivity index (χ4v) is 2.52. The van der Waals surface area contributed by atoms with Gasteiger partial charge in [-0.3, -0.25) is 4.79 Å². The van der Waals surface area contributed by atoms with Crippen molar-refractivity contribution in [2.45, 2.75) is 6.04 Å². The Kier molecular flexibility index (Phi) is 3.11. The summed E-state index contributed by atoms with van der Waals surface area (Å²) in [6.07, 6.45) is 2.72. The number of rotatable bonds is 3. The van der Waals surface area contributed by atoms with Gasteiger partial charge in [0.25, 0.3) is 5.91 Å². The Hall–Kier alpha value is -1.48. The third kappa shape index (κ3) is 2.36. The van der Waals surface area contributed by atoms with Crippen LogP contribution in [-0.4, -0.2) is 72.0 Å². The molecule has 0 radical (unpaired) electrons. The molecule has 0 atom stereocenters. The van der Waals surface area contributed by atoms with Crippen molar-refractivity contribution in [1.29, 1.82) is 0 Å². The maximum atomic E-state index is 11.6. The Balaban J connectivity index is 2.04. The van der Waals surface area contributed by atoms with E-state index in [2.05, 4.69) is 10.3 Å². The van der Waals surface area contributed by atoms with Crippen LogP contribution < -0.4 is 0 Å². The van der Waals surface area contributed by atoms with Gasteiger partial charge in [0.05, 0.1) is 18.5 Å². The Morgan fingerprint density at radius 3 is 2.56 bits per heavy atom. The summed E-state index contributed by atoms with van der Waals surface area (Å²) in [5, 5.41) is 7.64. The van der Waals surface area contributed by atoms with Crippen molar-refractivity contribution < 1.29 is 13.2 Å². The Morgan fingerprint density at radius 1 is 1.44 bits per heavy atom. The van der Waals surface area contributed by atoms with Gasteiger partial charge in [-0.05, 0) is 0 Å². The van der Waals surface area contributed by atoms with E-state index >= 15 is 0 Å². The van der Waals surface area contributed by atoms with Crippen molar-refractivity contribution in [3.8, 4) is 0 Å². The topological polar surface area (TPSA) is 88.4 Å². The number of sulfonamides is 1. The van der Waals surface area contributed by atoms with Crippen LogP contribution in [0, 0.1) is 0 Å². The van der Waals surface area contributed by atoms with E-state index in [-0.39, 0.29) is 17.6 Å². The lowest BCUT2D eigenvalue weighted by atomic mass is 10.2. The number of hydrogen-bond donors (Lipinski definition) is 0. The van der Waals surface area contributed by atoms with Gasteiger partial charge >= 0.3 is 0 Å². The molecule has 1 aliphatic heterocycles. The van der Waals surface area contributed by atoms with Crippen molar-refractivity contribution >= 4 is 15.9 Å². The highest BCUT2D eigenvalue weighted by Gasteiger charge is 2.35. The molecule has 0 bridgehead atoms. The van der Waals surface area contributed by atoms with Crippen LogP contribution in [0.5, 0.6) is 0 Å². The SMILES string of the molecule is CN(C)C(=O)c1cn(C2CN(S(C)(=O)=O)C2)nn1. The van der Waals surface area contributed by atoms with Crippen LogP contribution >= 0.6 is 0 Å². The Morgan fingerprint density at radius 2 is 2.06 bits per heavy atom. The van der Waals surface area contributed by atoms with Gasteiger partial charge in [0, 0.05) is 27.2 Å². The molecule has 9 heteroatoms. The quantitative estimate of drug-likeness (QED) is 0.690. The molecule has 0 N–H and O–H groups in total. The summed E-state index contributed by atoms with van der Waals surface area (Å²) in [4.78, 5) is 13.0. The van der Waals surface area contributed by atoms with E-state index in [1.54, 1.807) is 25.0 Å². The van der Waals surface area contributed by atoms with Crippen LogP contribution in [-0.2, 0) is 10.0 Å². The maximum absolute atomic E-state index is 11.6. The average Bonchev–Trinajstić information content (AvgIpc) is 2.60. The van der Waals surface area contributed by atoms with Gasteiger partial charge in [-0.15, -0.1) is 5.10 Å². The fraction of sp³-hybridized carbons (Fsp3) is 0.667. The first-order chi connectivity index (χ1) is 8.29. The van der Waals surface area contributed by atoms with Crippen molar-refractivity contribution in [1.82, 2.24) is 24.2 Å². The zero-order valence-corrected chi connectivity index (χ0v) is 11.3. The van der Waals surface area contributed by atoms with Crippen molar-refractivity contribution in [3.63, 3.8) is 0 Å². The largest absolute Gasteiger partial charge is 0.343 e. The third-order valence-corrected chi connectivity index (χ3v) is 4.04. The Labute approximate surface area is 105 Å². The lowest BCUT2D eigenvalue weighted by Crippen LogP contribution is -2.50. The van der Waals surface area contributed by atoms with Crippen LogP contribution in [0.2, 0.25) is 0 Å². The zero-order chi connectivity index (χ0) is 13.5. The summed E-state index contributed by atoms with van der Waals surface area (Å²) >= 11 is 0. The van der Waals surface area contributed by atoms with Gasteiger partial charge < -0.3 is 4.90 Å². The highest BCUT2D eigenvalue weighted by molar-refractivity contribution is 7.88. The zero-order valence-electron chi connectivity index (χ0n) is 10.4. The summed E-state index contributed by atoms with van der Waals surface area (Å²) in [5.74, 6) is -0.222. The van der Waals surface area contributed by atoms with Gasteiger partial charge in [0.2, 0.25) is 10.0 Å². The molecule has 0 aromatic carbocycles. The predicted molar refractivity (Wildman–Crippen MR) is 63.5 cm³/mol. The molecule has 0 spiro atoms. The Bertz CT molecular complexity index is 559. The number of aromatic nitrogens is 3. The molecule has 100 valence electrons. The van der Waals surface area contributed by atoms with E-state index in [4.69, 9.17) is 0 Å². The molecule has 1 saturated heterocycles. The van der Waals surface area contributed by atoms with Crippen LogP contribution in [0.4, 0.5) is 0 Å². The van der Waals surface area contributed by atoms with E-state index in [9.17, 15) is 13.2 Å². The molecule has 1 amide bonds. The summed E-state index contributed by atoms with van der Waals surface area (Å²) in [6, 6.07) is -0.0454. The minimum absolute atomic E-state index is 0.0454. The molecule has 1 aromatic rings. The molecule has 0 saturated carbocycles. The standard InChI is InChI=1S/C9H15N5O3S/c1-12(2)9(15)8-6-14(11-10-8)7-4-13(5-7)18(3,16)17/h6-7H,4-5H2,1-3H3. The molecule has 0 unspecified atom stereocenters. The molecule has 1 aliphatic rings. The van der Waals surface area contributed by atoms with Crippen LogP contribution in [0.25, 0.3) is 0 Å². The molecule has 1 fully saturated rings. The van der Waals surface area contributed by atoms with E-state index in [0.29, 0.717) is 13.1 Å². The molecular weight excluding hydrogens is 258 g/mol. The van der Waals surface area contributed by atoms with Gasteiger partial charge in [-0.25, -0.2) is 13.1 Å². The number of carbonyl (C=O) groups is 1. The molecule has 2 rings (SSSR count). The van der Waals surface area contributed by atoms with Crippen LogP contribution in [0.15, 0.2) is 6.20 Å². The van der Waals surface area contributed by atoms with Gasteiger partial charge in [-0.2, -0.15) is 4.31 Å². The molecule has 0 aliphatic carbocycles. The normalized spacial score (nSPS) is 17.5. The van der Waals surface area contributed by atoms with E-state index in [0.717, 1.165) is 0 Å². The fourth-order valence-electron chi connectivity index (χ4n) is 1.64. The first kappa shape index (κ1) is 13.0. The second-order valence-corrected chi connectivity index (χ2v) is 6.50. The molecule has 1 aromatic heterocycles. The minimum atomic E-state index is -3.13. The summed E-state index contributed by atoms with van der Waals surface area (Å²) in [6.45, 7) is 0.746. The lowest BCUT2D eigenvalue weighted by Gasteiger charge is -2.36. The molecular formula is C9H15N5O3S. The van der Waals surface area contributed by atoms with E-state index in [1.165, 1.54) is 15.5 Å². The first-order valence-electron chi connectivity index (χ1n) is 5.37. The maximum Gasteiger partial charge on any atom is 0.275 e. The third-order valence-electron chi connectivity index (χ3n) is 2.81. The summed E-state index contributed by atoms with van der Waals surface area (Å²) in [7, 11) is 0.137. The smallest absolute Gasteiger partial charge is 0.275 e. The minimum Gasteiger partial charge on any atom is -0.343 e. The van der Waals surface area contributed by atoms with Crippen LogP contribution in [0.3, 0.4) is 0 Å². The first-order valence-corrected chi connectivity index (χ1v) is 7.22. The predicted octanol–water partition coefficient (Wildman–Crippen LogP) is -1.20. The molecule has 2 heterocycles. The number of hydrogen-bond acceptors (Lipinski definition) is 5. The van der Waals surface area contributed by atoms with Gasteiger partial charge in [0.1, 0.15) is 0 Å². The van der Waals surface area contributed by atoms with Gasteiger partial charge in [-0.1, -0.05) is 5.21 Å². The monoisotopic (exact) mass is 273 g/mol. The number of amides is 1. The van der Waals surface area contributed by atoms with E-state index in [1.807, 2.05) is 0 Å². The molecule has 18 heavy (non-hydrogen) atoms. The summed E-state index contributed by atoms with van der Waals surface area (Å²) in [5.41, 5.74) is 0.262. The highest BCUT2D eigenvalue weighted by Crippen LogP contribution is 2.22. The number of nitrogens with zero attached hydrogens (tertiary/aromatic N) is 5.